The van der Waals surface area contributed by atoms with Gasteiger partial charge in [0.1, 0.15) is 0 Å². The van der Waals surface area contributed by atoms with E-state index in [1.807, 2.05) is 44.2 Å². The maximum absolute atomic E-state index is 11.4. The van der Waals surface area contributed by atoms with Crippen molar-refractivity contribution in [3.63, 3.8) is 0 Å². The third-order valence-corrected chi connectivity index (χ3v) is 6.22. The number of nitrogens with zero attached hydrogens (tertiary/aromatic N) is 1. The molecule has 0 saturated carbocycles. The van der Waals surface area contributed by atoms with E-state index in [1.54, 1.807) is 7.11 Å². The topological polar surface area (TPSA) is 71.0 Å². The van der Waals surface area contributed by atoms with Gasteiger partial charge in [0.15, 0.2) is 0 Å². The second-order valence-corrected chi connectivity index (χ2v) is 9.28. The summed E-state index contributed by atoms with van der Waals surface area (Å²) in [6.07, 6.45) is 1.97. The van der Waals surface area contributed by atoms with E-state index in [4.69, 9.17) is 21.1 Å². The summed E-state index contributed by atoms with van der Waals surface area (Å²) >= 11 is 6.07. The molecule has 174 valence electrons. The first kappa shape index (κ1) is 24.4. The Kier molecular flexibility index (Phi) is 8.40. The highest BCUT2D eigenvalue weighted by atomic mass is 35.5. The smallest absolute Gasteiger partial charge is 0.304 e. The van der Waals surface area contributed by atoms with Crippen LogP contribution in [0.15, 0.2) is 42.5 Å². The van der Waals surface area contributed by atoms with Crippen molar-refractivity contribution in [2.45, 2.75) is 44.6 Å². The van der Waals surface area contributed by atoms with Gasteiger partial charge in [0.05, 0.1) is 24.4 Å². The highest BCUT2D eigenvalue weighted by Gasteiger charge is 2.28. The summed E-state index contributed by atoms with van der Waals surface area (Å²) < 4.78 is 11.0. The zero-order chi connectivity index (χ0) is 23.1. The summed E-state index contributed by atoms with van der Waals surface area (Å²) in [5, 5.41) is 13.6. The lowest BCUT2D eigenvalue weighted by Crippen LogP contribution is -2.41. The van der Waals surface area contributed by atoms with Crippen LogP contribution in [0.3, 0.4) is 0 Å². The van der Waals surface area contributed by atoms with Gasteiger partial charge in [-0.05, 0) is 54.8 Å². The molecule has 1 heterocycles. The first-order valence-corrected chi connectivity index (χ1v) is 11.4. The minimum Gasteiger partial charge on any atom is -0.481 e. The molecule has 1 saturated heterocycles. The Morgan fingerprint density at radius 1 is 1.22 bits per heavy atom. The minimum absolute atomic E-state index is 0.0556. The molecule has 0 atom stereocenters. The Morgan fingerprint density at radius 3 is 2.53 bits per heavy atom. The number of hydrogen-bond acceptors (Lipinski definition) is 5. The van der Waals surface area contributed by atoms with E-state index >= 15 is 0 Å². The van der Waals surface area contributed by atoms with Gasteiger partial charge in [-0.1, -0.05) is 31.5 Å². The number of anilines is 3. The van der Waals surface area contributed by atoms with Crippen molar-refractivity contribution in [3.8, 4) is 0 Å². The van der Waals surface area contributed by atoms with Gasteiger partial charge in [0.25, 0.3) is 0 Å². The fourth-order valence-corrected chi connectivity index (χ4v) is 4.29. The maximum Gasteiger partial charge on any atom is 0.304 e. The Morgan fingerprint density at radius 2 is 1.91 bits per heavy atom. The van der Waals surface area contributed by atoms with Crippen LogP contribution in [0.1, 0.15) is 38.7 Å². The Bertz CT molecular complexity index is 895. The number of carboxylic acid groups (broad SMARTS) is 1. The van der Waals surface area contributed by atoms with E-state index in [0.717, 1.165) is 55.2 Å². The lowest BCUT2D eigenvalue weighted by molar-refractivity contribution is -0.138. The molecule has 0 amide bonds. The van der Waals surface area contributed by atoms with Gasteiger partial charge in [-0.3, -0.25) is 4.79 Å². The quantitative estimate of drug-likeness (QED) is 0.490. The van der Waals surface area contributed by atoms with Crippen LogP contribution in [0.4, 0.5) is 17.1 Å². The van der Waals surface area contributed by atoms with Crippen LogP contribution in [-0.4, -0.2) is 50.6 Å². The number of carboxylic acids is 1. The number of aliphatic carboxylic acids is 1. The standard InChI is InChI=1S/C25H33ClN2O4/c1-25(2,17-24(29)30)18-4-9-23(22(16-18)27-20-7-5-19(26)6-8-20)28(12-15-31-3)21-10-13-32-14-11-21/h4-9,16,21,27H,10-15,17H2,1-3H3,(H,29,30). The number of ether oxygens (including phenoxy) is 2. The molecule has 7 heteroatoms. The van der Waals surface area contributed by atoms with E-state index in [0.29, 0.717) is 17.7 Å². The van der Waals surface area contributed by atoms with Crippen molar-refractivity contribution < 1.29 is 19.4 Å². The van der Waals surface area contributed by atoms with Crippen molar-refractivity contribution >= 4 is 34.6 Å². The fraction of sp³-hybridized carbons (Fsp3) is 0.480. The average molecular weight is 461 g/mol. The Balaban J connectivity index is 2.03. The van der Waals surface area contributed by atoms with Crippen molar-refractivity contribution in [2.75, 3.05) is 43.7 Å². The number of halogens is 1. The molecule has 2 N–H and O–H groups in total. The van der Waals surface area contributed by atoms with Crippen LogP contribution in [0.5, 0.6) is 0 Å². The van der Waals surface area contributed by atoms with Crippen LogP contribution < -0.4 is 10.2 Å². The Hall–Kier alpha value is -2.28. The summed E-state index contributed by atoms with van der Waals surface area (Å²) in [5.74, 6) is -0.810. The first-order chi connectivity index (χ1) is 15.3. The lowest BCUT2D eigenvalue weighted by atomic mass is 9.81. The molecule has 0 aromatic heterocycles. The molecule has 32 heavy (non-hydrogen) atoms. The number of nitrogens with one attached hydrogen (secondary N) is 1. The number of hydrogen-bond donors (Lipinski definition) is 2. The van der Waals surface area contributed by atoms with Crippen LogP contribution >= 0.6 is 11.6 Å². The van der Waals surface area contributed by atoms with Crippen LogP contribution in [0.25, 0.3) is 0 Å². The number of methoxy groups -OCH3 is 1. The zero-order valence-corrected chi connectivity index (χ0v) is 19.8. The molecule has 3 rings (SSSR count). The van der Waals surface area contributed by atoms with Gasteiger partial charge in [0.2, 0.25) is 0 Å². The molecule has 0 bridgehead atoms. The predicted molar refractivity (Wildman–Crippen MR) is 130 cm³/mol. The maximum atomic E-state index is 11.4. The van der Waals surface area contributed by atoms with E-state index in [1.165, 1.54) is 0 Å². The van der Waals surface area contributed by atoms with E-state index in [-0.39, 0.29) is 6.42 Å². The van der Waals surface area contributed by atoms with Gasteiger partial charge in [-0.15, -0.1) is 0 Å². The Labute approximate surface area is 195 Å². The first-order valence-electron chi connectivity index (χ1n) is 11.0. The second-order valence-electron chi connectivity index (χ2n) is 8.85. The van der Waals surface area contributed by atoms with Crippen LogP contribution in [0.2, 0.25) is 5.02 Å². The van der Waals surface area contributed by atoms with Crippen molar-refractivity contribution in [1.82, 2.24) is 0 Å². The summed E-state index contributed by atoms with van der Waals surface area (Å²) in [6.45, 7) is 6.79. The molecule has 6 nitrogen and oxygen atoms in total. The lowest BCUT2D eigenvalue weighted by Gasteiger charge is -2.37. The third kappa shape index (κ3) is 6.37. The SMILES string of the molecule is COCCN(c1ccc(C(C)(C)CC(=O)O)cc1Nc1ccc(Cl)cc1)C1CCOCC1. The molecule has 2 aromatic carbocycles. The molecular formula is C25H33ClN2O4. The van der Waals surface area contributed by atoms with Gasteiger partial charge >= 0.3 is 5.97 Å². The summed E-state index contributed by atoms with van der Waals surface area (Å²) in [4.78, 5) is 13.8. The van der Waals surface area contributed by atoms with Gasteiger partial charge in [-0.2, -0.15) is 0 Å². The largest absolute Gasteiger partial charge is 0.481 e. The van der Waals surface area contributed by atoms with Crippen molar-refractivity contribution in [2.24, 2.45) is 0 Å². The van der Waals surface area contributed by atoms with Crippen molar-refractivity contribution in [1.29, 1.82) is 0 Å². The highest BCUT2D eigenvalue weighted by molar-refractivity contribution is 6.30. The average Bonchev–Trinajstić information content (AvgIpc) is 2.76. The predicted octanol–water partition coefficient (Wildman–Crippen LogP) is 5.47. The normalized spacial score (nSPS) is 14.9. The summed E-state index contributed by atoms with van der Waals surface area (Å²) in [6, 6.07) is 14.2. The van der Waals surface area contributed by atoms with Crippen LogP contribution in [-0.2, 0) is 19.7 Å². The van der Waals surface area contributed by atoms with E-state index in [2.05, 4.69) is 22.3 Å². The molecule has 0 radical (unpaired) electrons. The summed E-state index contributed by atoms with van der Waals surface area (Å²) in [7, 11) is 1.71. The zero-order valence-electron chi connectivity index (χ0n) is 19.1. The third-order valence-electron chi connectivity index (χ3n) is 5.97. The molecular weight excluding hydrogens is 428 g/mol. The minimum atomic E-state index is -0.810. The van der Waals surface area contributed by atoms with Gasteiger partial charge < -0.3 is 24.8 Å². The van der Waals surface area contributed by atoms with Gasteiger partial charge in [0, 0.05) is 49.0 Å². The molecule has 0 aliphatic carbocycles. The fourth-order valence-electron chi connectivity index (χ4n) is 4.16. The number of rotatable bonds is 10. The second kappa shape index (κ2) is 11.0. The molecule has 0 unspecified atom stereocenters. The summed E-state index contributed by atoms with van der Waals surface area (Å²) in [5.41, 5.74) is 3.39. The molecule has 2 aromatic rings. The van der Waals surface area contributed by atoms with Crippen LogP contribution in [0, 0.1) is 0 Å². The monoisotopic (exact) mass is 460 g/mol. The highest BCUT2D eigenvalue weighted by Crippen LogP contribution is 2.37. The van der Waals surface area contributed by atoms with Gasteiger partial charge in [-0.25, -0.2) is 0 Å². The molecule has 1 fully saturated rings. The number of carbonyl (C=O) groups is 1. The molecule has 0 spiro atoms. The van der Waals surface area contributed by atoms with E-state index in [9.17, 15) is 9.90 Å². The number of benzene rings is 2. The van der Waals surface area contributed by atoms with E-state index < -0.39 is 11.4 Å². The van der Waals surface area contributed by atoms with Crippen molar-refractivity contribution in [3.05, 3.63) is 53.1 Å². The molecule has 1 aliphatic heterocycles. The molecule has 1 aliphatic rings.